The molecular formula is C14H19BN2O2S. The third-order valence-electron chi connectivity index (χ3n) is 4.18. The van der Waals surface area contributed by atoms with Crippen molar-refractivity contribution in [3.05, 3.63) is 28.8 Å². The van der Waals surface area contributed by atoms with E-state index in [-0.39, 0.29) is 11.2 Å². The fourth-order valence-electron chi connectivity index (χ4n) is 2.23. The van der Waals surface area contributed by atoms with Gasteiger partial charge in [-0.25, -0.2) is 4.98 Å². The van der Waals surface area contributed by atoms with Crippen LogP contribution in [0.4, 0.5) is 0 Å². The normalized spacial score (nSPS) is 20.6. The fraction of sp³-hybridized carbons (Fsp3) is 0.500. The second-order valence-electron chi connectivity index (χ2n) is 6.15. The molecule has 0 aliphatic carbocycles. The molecule has 2 aromatic rings. The molecule has 0 atom stereocenters. The maximum absolute atomic E-state index is 6.04. The molecule has 106 valence electrons. The molecule has 0 radical (unpaired) electrons. The summed E-state index contributed by atoms with van der Waals surface area (Å²) < 4.78 is 14.1. The Kier molecular flexibility index (Phi) is 3.08. The first-order valence-corrected chi connectivity index (χ1v) is 7.68. The Bertz CT molecular complexity index is 603. The van der Waals surface area contributed by atoms with Gasteiger partial charge in [0.2, 0.25) is 0 Å². The van der Waals surface area contributed by atoms with Crippen LogP contribution in [-0.4, -0.2) is 27.9 Å². The van der Waals surface area contributed by atoms with Gasteiger partial charge < -0.3 is 13.9 Å². The summed E-state index contributed by atoms with van der Waals surface area (Å²) in [6, 6.07) is 2.08. The minimum Gasteiger partial charge on any atom is -0.398 e. The summed E-state index contributed by atoms with van der Waals surface area (Å²) in [7, 11) is -0.404. The third kappa shape index (κ3) is 2.12. The van der Waals surface area contributed by atoms with Crippen molar-refractivity contribution in [1.29, 1.82) is 0 Å². The molecule has 0 N–H and O–H groups in total. The predicted molar refractivity (Wildman–Crippen MR) is 81.9 cm³/mol. The number of thiophene rings is 1. The van der Waals surface area contributed by atoms with Gasteiger partial charge in [-0.15, -0.1) is 0 Å². The molecule has 0 unspecified atom stereocenters. The van der Waals surface area contributed by atoms with E-state index in [1.807, 2.05) is 13.1 Å². The van der Waals surface area contributed by atoms with Crippen molar-refractivity contribution in [1.82, 2.24) is 9.55 Å². The van der Waals surface area contributed by atoms with Crippen LogP contribution in [0.1, 0.15) is 33.5 Å². The van der Waals surface area contributed by atoms with Crippen LogP contribution >= 0.6 is 11.3 Å². The van der Waals surface area contributed by atoms with Crippen molar-refractivity contribution < 1.29 is 9.31 Å². The molecule has 0 aromatic carbocycles. The molecule has 6 heteroatoms. The molecule has 1 aliphatic heterocycles. The van der Waals surface area contributed by atoms with Crippen LogP contribution in [0.25, 0.3) is 5.69 Å². The average molecular weight is 290 g/mol. The topological polar surface area (TPSA) is 36.3 Å². The summed E-state index contributed by atoms with van der Waals surface area (Å²) in [5.74, 6) is 0.938. The maximum atomic E-state index is 6.04. The average Bonchev–Trinajstić information content (AvgIpc) is 2.98. The lowest BCUT2D eigenvalue weighted by Gasteiger charge is -2.32. The molecule has 0 spiro atoms. The van der Waals surface area contributed by atoms with Gasteiger partial charge in [-0.3, -0.25) is 0 Å². The van der Waals surface area contributed by atoms with Crippen LogP contribution in [-0.2, 0) is 9.31 Å². The van der Waals surface area contributed by atoms with Gasteiger partial charge in [0.1, 0.15) is 5.82 Å². The minimum atomic E-state index is -0.404. The lowest BCUT2D eigenvalue weighted by molar-refractivity contribution is 0.00578. The zero-order chi connectivity index (χ0) is 14.5. The van der Waals surface area contributed by atoms with Crippen LogP contribution < -0.4 is 5.59 Å². The lowest BCUT2D eigenvalue weighted by atomic mass is 9.86. The van der Waals surface area contributed by atoms with E-state index in [2.05, 4.69) is 54.1 Å². The highest BCUT2D eigenvalue weighted by Gasteiger charge is 2.52. The van der Waals surface area contributed by atoms with E-state index in [1.165, 1.54) is 0 Å². The number of imidazole rings is 1. The number of hydrogen-bond donors (Lipinski definition) is 0. The number of aryl methyl sites for hydroxylation is 1. The molecule has 1 aliphatic rings. The molecule has 0 amide bonds. The maximum Gasteiger partial charge on any atom is 0.516 e. The summed E-state index contributed by atoms with van der Waals surface area (Å²) in [5.41, 5.74) is 1.28. The lowest BCUT2D eigenvalue weighted by Crippen LogP contribution is -2.41. The smallest absolute Gasteiger partial charge is 0.398 e. The van der Waals surface area contributed by atoms with E-state index in [0.717, 1.165) is 17.1 Å². The molecule has 0 saturated carbocycles. The molecule has 0 bridgehead atoms. The second kappa shape index (κ2) is 4.45. The van der Waals surface area contributed by atoms with Gasteiger partial charge in [-0.05, 0) is 46.1 Å². The Morgan fingerprint density at radius 2 is 1.85 bits per heavy atom. The predicted octanol–water partition coefficient (Wildman–Crippen LogP) is 2.54. The number of nitrogens with zero attached hydrogens (tertiary/aromatic N) is 2. The molecule has 3 rings (SSSR count). The summed E-state index contributed by atoms with van der Waals surface area (Å²) >= 11 is 1.67. The Morgan fingerprint density at radius 1 is 1.20 bits per heavy atom. The zero-order valence-corrected chi connectivity index (χ0v) is 13.3. The summed E-state index contributed by atoms with van der Waals surface area (Å²) in [5, 5.41) is 4.16. The highest BCUT2D eigenvalue weighted by Crippen LogP contribution is 2.36. The van der Waals surface area contributed by atoms with Gasteiger partial charge in [0, 0.05) is 11.6 Å². The monoisotopic (exact) mass is 290 g/mol. The molecule has 3 heterocycles. The van der Waals surface area contributed by atoms with Crippen LogP contribution in [0.15, 0.2) is 23.0 Å². The van der Waals surface area contributed by atoms with Crippen molar-refractivity contribution in [3.8, 4) is 5.69 Å². The van der Waals surface area contributed by atoms with Crippen LogP contribution in [0.5, 0.6) is 0 Å². The second-order valence-corrected chi connectivity index (χ2v) is 6.93. The van der Waals surface area contributed by atoms with Crippen molar-refractivity contribution >= 4 is 24.0 Å². The van der Waals surface area contributed by atoms with Gasteiger partial charge in [-0.1, -0.05) is 0 Å². The summed E-state index contributed by atoms with van der Waals surface area (Å²) in [6.07, 6.45) is 2.00. The number of aromatic nitrogens is 2. The van der Waals surface area contributed by atoms with Crippen LogP contribution in [0, 0.1) is 6.92 Å². The van der Waals surface area contributed by atoms with Crippen LogP contribution in [0.2, 0.25) is 0 Å². The fourth-order valence-corrected chi connectivity index (χ4v) is 2.86. The summed E-state index contributed by atoms with van der Waals surface area (Å²) in [6.45, 7) is 10.2. The standard InChI is InChI=1S/C14H19BN2O2S/c1-10-16-12(8-17(10)11-6-7-20-9-11)15-18-13(2,3)14(4,5)19-15/h6-9H,1-5H3. The van der Waals surface area contributed by atoms with Crippen molar-refractivity contribution in [2.75, 3.05) is 0 Å². The van der Waals surface area contributed by atoms with Gasteiger partial charge in [0.05, 0.1) is 22.5 Å². The summed E-state index contributed by atoms with van der Waals surface area (Å²) in [4.78, 5) is 4.60. The van der Waals surface area contributed by atoms with E-state index in [1.54, 1.807) is 11.3 Å². The number of hydrogen-bond acceptors (Lipinski definition) is 4. The van der Waals surface area contributed by atoms with Crippen LogP contribution in [0.3, 0.4) is 0 Å². The first-order chi connectivity index (χ1) is 9.30. The van der Waals surface area contributed by atoms with Gasteiger partial charge >= 0.3 is 7.12 Å². The van der Waals surface area contributed by atoms with Gasteiger partial charge in [-0.2, -0.15) is 11.3 Å². The molecule has 2 aromatic heterocycles. The van der Waals surface area contributed by atoms with Crippen molar-refractivity contribution in [2.45, 2.75) is 45.8 Å². The molecule has 1 saturated heterocycles. The van der Waals surface area contributed by atoms with Crippen molar-refractivity contribution in [3.63, 3.8) is 0 Å². The molecule has 4 nitrogen and oxygen atoms in total. The van der Waals surface area contributed by atoms with E-state index in [4.69, 9.17) is 9.31 Å². The Labute approximate surface area is 123 Å². The highest BCUT2D eigenvalue weighted by molar-refractivity contribution is 7.08. The molecule has 1 fully saturated rings. The van der Waals surface area contributed by atoms with Crippen molar-refractivity contribution in [2.24, 2.45) is 0 Å². The zero-order valence-electron chi connectivity index (χ0n) is 12.5. The Balaban J connectivity index is 1.92. The first kappa shape index (κ1) is 13.9. The third-order valence-corrected chi connectivity index (χ3v) is 4.85. The largest absolute Gasteiger partial charge is 0.516 e. The van der Waals surface area contributed by atoms with E-state index < -0.39 is 7.12 Å². The van der Waals surface area contributed by atoms with Gasteiger partial charge in [0.25, 0.3) is 0 Å². The highest BCUT2D eigenvalue weighted by atomic mass is 32.1. The molecule has 20 heavy (non-hydrogen) atoms. The minimum absolute atomic E-state index is 0.336. The van der Waals surface area contributed by atoms with E-state index in [0.29, 0.717) is 0 Å². The van der Waals surface area contributed by atoms with E-state index in [9.17, 15) is 0 Å². The quantitative estimate of drug-likeness (QED) is 0.797. The van der Waals surface area contributed by atoms with E-state index >= 15 is 0 Å². The van der Waals surface area contributed by atoms with Gasteiger partial charge in [0.15, 0.2) is 0 Å². The first-order valence-electron chi connectivity index (χ1n) is 6.74. The Morgan fingerprint density at radius 3 is 2.40 bits per heavy atom. The SMILES string of the molecule is Cc1nc(B2OC(C)(C)C(C)(C)O2)cn1-c1ccsc1. The molecular weight excluding hydrogens is 271 g/mol. The number of rotatable bonds is 2. The Hall–Kier alpha value is -1.11.